The fraction of sp³-hybridized carbons (Fsp3) is 0.500. The van der Waals surface area contributed by atoms with Crippen LogP contribution in [-0.4, -0.2) is 11.0 Å². The van der Waals surface area contributed by atoms with Crippen LogP contribution in [0.4, 0.5) is 0 Å². The van der Waals surface area contributed by atoms with Gasteiger partial charge in [0.1, 0.15) is 0 Å². The first-order valence-corrected chi connectivity index (χ1v) is 5.95. The lowest BCUT2D eigenvalue weighted by molar-refractivity contribution is 0.641. The van der Waals surface area contributed by atoms with E-state index in [0.29, 0.717) is 4.75 Å². The van der Waals surface area contributed by atoms with Crippen LogP contribution in [-0.2, 0) is 6.42 Å². The van der Waals surface area contributed by atoms with Crippen molar-refractivity contribution < 1.29 is 0 Å². The Kier molecular flexibility index (Phi) is 3.86. The van der Waals surface area contributed by atoms with Crippen LogP contribution in [0.25, 0.3) is 0 Å². The van der Waals surface area contributed by atoms with Gasteiger partial charge >= 0.3 is 0 Å². The molecule has 0 N–H and O–H groups in total. The Morgan fingerprint density at radius 2 is 1.77 bits per heavy atom. The molecule has 0 radical (unpaired) electrons. The predicted octanol–water partition coefficient (Wildman–Crippen LogP) is 3.76. The third-order valence-electron chi connectivity index (χ3n) is 2.41. The summed E-state index contributed by atoms with van der Waals surface area (Å²) < 4.78 is 0.413. The highest BCUT2D eigenvalue weighted by molar-refractivity contribution is 7.99. The quantitative estimate of drug-likeness (QED) is 0.703. The SMILES string of the molecule is CSC(C)(C)CCc1ccccc1. The van der Waals surface area contributed by atoms with E-state index in [1.807, 2.05) is 11.8 Å². The van der Waals surface area contributed by atoms with Gasteiger partial charge in [-0.1, -0.05) is 44.2 Å². The zero-order valence-electron chi connectivity index (χ0n) is 8.71. The second-order valence-electron chi connectivity index (χ2n) is 3.95. The maximum atomic E-state index is 2.31. The highest BCUT2D eigenvalue weighted by Crippen LogP contribution is 2.26. The summed E-state index contributed by atoms with van der Waals surface area (Å²) in [7, 11) is 0. The molecule has 0 aliphatic heterocycles. The van der Waals surface area contributed by atoms with E-state index in [0.717, 1.165) is 0 Å². The van der Waals surface area contributed by atoms with Crippen LogP contribution in [0.5, 0.6) is 0 Å². The molecule has 0 aliphatic rings. The smallest absolute Gasteiger partial charge is 0.0104 e. The van der Waals surface area contributed by atoms with Crippen molar-refractivity contribution in [3.05, 3.63) is 35.9 Å². The minimum Gasteiger partial charge on any atom is -0.159 e. The molecule has 0 bridgehead atoms. The molecule has 0 aliphatic carbocycles. The molecular formula is C12H18S. The molecule has 0 saturated heterocycles. The normalized spacial score (nSPS) is 11.6. The molecule has 1 aromatic rings. The van der Waals surface area contributed by atoms with Gasteiger partial charge in [0, 0.05) is 4.75 Å². The summed E-state index contributed by atoms with van der Waals surface area (Å²) in [6, 6.07) is 10.7. The van der Waals surface area contributed by atoms with Crippen LogP contribution in [0.3, 0.4) is 0 Å². The lowest BCUT2D eigenvalue weighted by atomic mass is 10.0. The molecule has 1 rings (SSSR count). The van der Waals surface area contributed by atoms with E-state index < -0.39 is 0 Å². The zero-order valence-corrected chi connectivity index (χ0v) is 9.53. The van der Waals surface area contributed by atoms with Crippen LogP contribution in [0.15, 0.2) is 30.3 Å². The topological polar surface area (TPSA) is 0 Å². The number of hydrogen-bond acceptors (Lipinski definition) is 1. The molecule has 1 heteroatoms. The average molecular weight is 194 g/mol. The summed E-state index contributed by atoms with van der Waals surface area (Å²) in [4.78, 5) is 0. The van der Waals surface area contributed by atoms with Gasteiger partial charge in [0.25, 0.3) is 0 Å². The van der Waals surface area contributed by atoms with Gasteiger partial charge in [-0.05, 0) is 24.7 Å². The minimum absolute atomic E-state index is 0.413. The van der Waals surface area contributed by atoms with Crippen molar-refractivity contribution in [2.75, 3.05) is 6.26 Å². The maximum absolute atomic E-state index is 2.31. The third-order valence-corrected chi connectivity index (χ3v) is 3.72. The van der Waals surface area contributed by atoms with Gasteiger partial charge in [0.05, 0.1) is 0 Å². The second-order valence-corrected chi connectivity index (χ2v) is 5.46. The Labute approximate surface area is 85.7 Å². The van der Waals surface area contributed by atoms with Gasteiger partial charge in [-0.25, -0.2) is 0 Å². The molecule has 0 nitrogen and oxygen atoms in total. The van der Waals surface area contributed by atoms with Gasteiger partial charge in [-0.15, -0.1) is 0 Å². The molecule has 13 heavy (non-hydrogen) atoms. The second kappa shape index (κ2) is 4.71. The standard InChI is InChI=1S/C12H18S/c1-12(2,13-3)10-9-11-7-5-4-6-8-11/h4-8H,9-10H2,1-3H3. The molecule has 0 saturated carbocycles. The Bertz CT molecular complexity index is 239. The Balaban J connectivity index is 2.44. The summed E-state index contributed by atoms with van der Waals surface area (Å²) in [5.74, 6) is 0. The summed E-state index contributed by atoms with van der Waals surface area (Å²) in [5, 5.41) is 0. The van der Waals surface area contributed by atoms with Crippen molar-refractivity contribution in [2.24, 2.45) is 0 Å². The van der Waals surface area contributed by atoms with E-state index >= 15 is 0 Å². The molecule has 0 amide bonds. The van der Waals surface area contributed by atoms with Crippen molar-refractivity contribution in [3.8, 4) is 0 Å². The predicted molar refractivity (Wildman–Crippen MR) is 62.4 cm³/mol. The highest BCUT2D eigenvalue weighted by Gasteiger charge is 2.14. The first-order valence-electron chi connectivity index (χ1n) is 4.73. The van der Waals surface area contributed by atoms with Crippen molar-refractivity contribution >= 4 is 11.8 Å². The van der Waals surface area contributed by atoms with Crippen molar-refractivity contribution in [1.29, 1.82) is 0 Å². The largest absolute Gasteiger partial charge is 0.159 e. The zero-order chi connectivity index (χ0) is 9.73. The molecular weight excluding hydrogens is 176 g/mol. The summed E-state index contributed by atoms with van der Waals surface area (Å²) in [6.07, 6.45) is 4.62. The average Bonchev–Trinajstić information content (AvgIpc) is 2.17. The maximum Gasteiger partial charge on any atom is 0.0104 e. The van der Waals surface area contributed by atoms with Crippen molar-refractivity contribution in [2.45, 2.75) is 31.4 Å². The Hall–Kier alpha value is -0.430. The van der Waals surface area contributed by atoms with Crippen LogP contribution in [0, 0.1) is 0 Å². The molecule has 0 aromatic heterocycles. The fourth-order valence-corrected chi connectivity index (χ4v) is 1.50. The first kappa shape index (κ1) is 10.6. The lowest BCUT2D eigenvalue weighted by Crippen LogP contribution is -2.14. The van der Waals surface area contributed by atoms with Gasteiger partial charge in [0.2, 0.25) is 0 Å². The van der Waals surface area contributed by atoms with Crippen LogP contribution >= 0.6 is 11.8 Å². The Morgan fingerprint density at radius 1 is 1.15 bits per heavy atom. The Morgan fingerprint density at radius 3 is 2.31 bits per heavy atom. The molecule has 0 unspecified atom stereocenters. The monoisotopic (exact) mass is 194 g/mol. The van der Waals surface area contributed by atoms with E-state index in [1.54, 1.807) is 0 Å². The highest BCUT2D eigenvalue weighted by atomic mass is 32.2. The van der Waals surface area contributed by atoms with E-state index in [2.05, 4.69) is 50.4 Å². The molecule has 0 atom stereocenters. The van der Waals surface area contributed by atoms with Crippen molar-refractivity contribution in [3.63, 3.8) is 0 Å². The van der Waals surface area contributed by atoms with E-state index in [9.17, 15) is 0 Å². The van der Waals surface area contributed by atoms with Crippen LogP contribution < -0.4 is 0 Å². The van der Waals surface area contributed by atoms with E-state index in [-0.39, 0.29) is 0 Å². The van der Waals surface area contributed by atoms with E-state index in [1.165, 1.54) is 18.4 Å². The van der Waals surface area contributed by atoms with E-state index in [4.69, 9.17) is 0 Å². The molecule has 0 heterocycles. The number of benzene rings is 1. The first-order chi connectivity index (χ1) is 6.14. The molecule has 0 fully saturated rings. The van der Waals surface area contributed by atoms with Gasteiger partial charge in [-0.3, -0.25) is 0 Å². The van der Waals surface area contributed by atoms with Gasteiger partial charge in [-0.2, -0.15) is 11.8 Å². The number of aryl methyl sites for hydroxylation is 1. The summed E-state index contributed by atoms with van der Waals surface area (Å²) >= 11 is 1.95. The van der Waals surface area contributed by atoms with Crippen LogP contribution in [0.2, 0.25) is 0 Å². The fourth-order valence-electron chi connectivity index (χ4n) is 1.19. The molecule has 0 spiro atoms. The van der Waals surface area contributed by atoms with Gasteiger partial charge < -0.3 is 0 Å². The van der Waals surface area contributed by atoms with Crippen molar-refractivity contribution in [1.82, 2.24) is 0 Å². The number of rotatable bonds is 4. The summed E-state index contributed by atoms with van der Waals surface area (Å²) in [5.41, 5.74) is 1.45. The third kappa shape index (κ3) is 3.86. The lowest BCUT2D eigenvalue weighted by Gasteiger charge is -2.21. The molecule has 72 valence electrons. The van der Waals surface area contributed by atoms with Crippen LogP contribution in [0.1, 0.15) is 25.8 Å². The summed E-state index contributed by atoms with van der Waals surface area (Å²) in [6.45, 7) is 4.61. The number of thioether (sulfide) groups is 1. The van der Waals surface area contributed by atoms with Gasteiger partial charge in [0.15, 0.2) is 0 Å². The minimum atomic E-state index is 0.413. The number of hydrogen-bond donors (Lipinski definition) is 0. The molecule has 1 aromatic carbocycles.